The fourth-order valence-corrected chi connectivity index (χ4v) is 2.38. The summed E-state index contributed by atoms with van der Waals surface area (Å²) in [7, 11) is 0. The Balaban J connectivity index is 0.000000560. The van der Waals surface area contributed by atoms with Crippen LogP contribution >= 0.6 is 0 Å². The summed E-state index contributed by atoms with van der Waals surface area (Å²) in [6.07, 6.45) is 1.57. The molecule has 0 fully saturated rings. The van der Waals surface area contributed by atoms with Gasteiger partial charge in [0.15, 0.2) is 0 Å². The van der Waals surface area contributed by atoms with Crippen LogP contribution in [0.25, 0.3) is 0 Å². The lowest BCUT2D eigenvalue weighted by Crippen LogP contribution is -2.09. The monoisotopic (exact) mass is 461 g/mol. The fraction of sp³-hybridized carbons (Fsp3) is 0.444. The first kappa shape index (κ1) is 30.1. The number of nitrogens with zero attached hydrogens (tertiary/aromatic N) is 1. The van der Waals surface area contributed by atoms with Gasteiger partial charge in [0.1, 0.15) is 17.9 Å². The van der Waals surface area contributed by atoms with E-state index in [2.05, 4.69) is 4.99 Å². The predicted octanol–water partition coefficient (Wildman–Crippen LogP) is 7.11. The first-order valence-electron chi connectivity index (χ1n) is 10.9. The predicted molar refractivity (Wildman–Crippen MR) is 131 cm³/mol. The van der Waals surface area contributed by atoms with Crippen LogP contribution in [0.5, 0.6) is 0 Å². The van der Waals surface area contributed by atoms with E-state index in [-0.39, 0.29) is 23.5 Å². The Morgan fingerprint density at radius 2 is 1.61 bits per heavy atom. The molecule has 0 radical (unpaired) electrons. The number of hydrogen-bond acceptors (Lipinski definition) is 4. The van der Waals surface area contributed by atoms with Crippen LogP contribution in [-0.4, -0.2) is 24.6 Å². The van der Waals surface area contributed by atoms with E-state index in [9.17, 15) is 18.4 Å². The fourth-order valence-electron chi connectivity index (χ4n) is 2.38. The molecule has 0 spiro atoms. The number of carbonyl (C=O) groups excluding carboxylic acids is 2. The highest BCUT2D eigenvalue weighted by Gasteiger charge is 2.13. The summed E-state index contributed by atoms with van der Waals surface area (Å²) in [6, 6.07) is 9.70. The number of hydrogen-bond donors (Lipinski definition) is 0. The van der Waals surface area contributed by atoms with Crippen LogP contribution in [0.15, 0.2) is 41.4 Å². The van der Waals surface area contributed by atoms with Crippen molar-refractivity contribution in [2.45, 2.75) is 68.2 Å². The number of esters is 1. The van der Waals surface area contributed by atoms with Crippen molar-refractivity contribution >= 4 is 23.7 Å². The molecule has 2 aromatic rings. The Morgan fingerprint density at radius 3 is 2.00 bits per heavy atom. The Morgan fingerprint density at radius 1 is 1.03 bits per heavy atom. The van der Waals surface area contributed by atoms with Crippen LogP contribution in [0.2, 0.25) is 0 Å². The zero-order valence-electron chi connectivity index (χ0n) is 21.1. The minimum atomic E-state index is -0.418. The molecule has 0 atom stereocenters. The number of aliphatic imine (C=N–C) groups is 1. The highest BCUT2D eigenvalue weighted by Crippen LogP contribution is 2.24. The number of halogens is 2. The third-order valence-corrected chi connectivity index (χ3v) is 4.13. The van der Waals surface area contributed by atoms with Crippen LogP contribution in [0, 0.1) is 30.9 Å². The van der Waals surface area contributed by atoms with Crippen LogP contribution in [0.1, 0.15) is 64.7 Å². The van der Waals surface area contributed by atoms with Gasteiger partial charge in [-0.25, -0.2) is 8.78 Å². The van der Waals surface area contributed by atoms with Gasteiger partial charge in [-0.3, -0.25) is 9.79 Å². The summed E-state index contributed by atoms with van der Waals surface area (Å²) in [6.45, 7) is 15.4. The highest BCUT2D eigenvalue weighted by molar-refractivity contribution is 5.82. The zero-order chi connectivity index (χ0) is 25.6. The van der Waals surface area contributed by atoms with Crippen molar-refractivity contribution in [2.24, 2.45) is 10.4 Å². The van der Waals surface area contributed by atoms with Gasteiger partial charge in [-0.1, -0.05) is 44.5 Å². The molecule has 0 N–H and O–H groups in total. The van der Waals surface area contributed by atoms with E-state index in [0.29, 0.717) is 29.8 Å². The third kappa shape index (κ3) is 14.0. The number of benzene rings is 2. The van der Waals surface area contributed by atoms with Crippen LogP contribution in [0.4, 0.5) is 14.5 Å². The molecule has 0 bridgehead atoms. The van der Waals surface area contributed by atoms with Crippen LogP contribution < -0.4 is 0 Å². The molecule has 0 aromatic heterocycles. The van der Waals surface area contributed by atoms with Gasteiger partial charge in [0.2, 0.25) is 0 Å². The molecule has 0 amide bonds. The van der Waals surface area contributed by atoms with E-state index in [4.69, 9.17) is 4.74 Å². The smallest absolute Gasteiger partial charge is 0.310 e. The molecular formula is C27H37F2NO3. The molecule has 0 heterocycles. The van der Waals surface area contributed by atoms with Crippen LogP contribution in [0.3, 0.4) is 0 Å². The quantitative estimate of drug-likeness (QED) is 0.271. The van der Waals surface area contributed by atoms with Gasteiger partial charge in [-0.15, -0.1) is 0 Å². The Kier molecular flexibility index (Phi) is 13.7. The molecule has 6 heteroatoms. The summed E-state index contributed by atoms with van der Waals surface area (Å²) in [5.74, 6) is -0.972. The summed E-state index contributed by atoms with van der Waals surface area (Å²) in [5, 5.41) is 0. The van der Waals surface area contributed by atoms with Crippen molar-refractivity contribution in [1.29, 1.82) is 0 Å². The Bertz CT molecular complexity index is 889. The summed E-state index contributed by atoms with van der Waals surface area (Å²) in [5.41, 5.74) is 3.53. The third-order valence-electron chi connectivity index (χ3n) is 4.13. The molecule has 4 nitrogen and oxygen atoms in total. The number of rotatable bonds is 5. The number of ether oxygens (including phenoxy) is 1. The first-order chi connectivity index (χ1) is 15.3. The second-order valence-corrected chi connectivity index (χ2v) is 8.95. The van der Waals surface area contributed by atoms with E-state index in [0.717, 1.165) is 17.6 Å². The maximum absolute atomic E-state index is 14.0. The maximum atomic E-state index is 14.0. The van der Waals surface area contributed by atoms with Crippen LogP contribution in [-0.2, 0) is 20.7 Å². The van der Waals surface area contributed by atoms with E-state index in [1.807, 2.05) is 41.5 Å². The van der Waals surface area contributed by atoms with Crippen molar-refractivity contribution in [3.05, 3.63) is 64.7 Å². The SMILES string of the molecule is CC(C)(C)CC=O.CCOC(=O)Cc1ccc(N=C(C)C)c(C)c1F.Cc1ccc(F)cc1. The molecule has 182 valence electrons. The lowest BCUT2D eigenvalue weighted by Gasteiger charge is -2.11. The zero-order valence-corrected chi connectivity index (χ0v) is 21.1. The van der Waals surface area contributed by atoms with Crippen molar-refractivity contribution in [3.63, 3.8) is 0 Å². The van der Waals surface area contributed by atoms with Gasteiger partial charge in [-0.2, -0.15) is 0 Å². The maximum Gasteiger partial charge on any atom is 0.310 e. The molecule has 0 aliphatic carbocycles. The number of carbonyl (C=O) groups is 2. The molecule has 2 aromatic carbocycles. The normalized spacial score (nSPS) is 10.1. The Hall–Kier alpha value is -2.89. The minimum absolute atomic E-state index is 0.0460. The molecular weight excluding hydrogens is 424 g/mol. The average Bonchev–Trinajstić information content (AvgIpc) is 2.70. The van der Waals surface area contributed by atoms with Gasteiger partial charge in [0, 0.05) is 17.7 Å². The standard InChI is InChI=1S/C14H18FNO2.C7H7F.C6H12O/c1-5-18-13(17)8-11-6-7-12(16-9(2)3)10(4)14(11)15;1-6-2-4-7(8)5-3-6;1-6(2,3)4-5-7/h6-7H,5,8H2,1-4H3;2-5H,1H3;5H,4H2,1-3H3. The number of aldehydes is 1. The van der Waals surface area contributed by atoms with Gasteiger partial charge in [-0.05, 0) is 63.8 Å². The molecule has 0 saturated heterocycles. The summed E-state index contributed by atoms with van der Waals surface area (Å²) < 4.78 is 30.9. The largest absolute Gasteiger partial charge is 0.466 e. The molecule has 0 saturated carbocycles. The lowest BCUT2D eigenvalue weighted by molar-refractivity contribution is -0.142. The lowest BCUT2D eigenvalue weighted by atomic mass is 9.93. The van der Waals surface area contributed by atoms with E-state index >= 15 is 0 Å². The first-order valence-corrected chi connectivity index (χ1v) is 10.9. The minimum Gasteiger partial charge on any atom is -0.466 e. The molecule has 2 rings (SSSR count). The Labute approximate surface area is 197 Å². The molecule has 0 unspecified atom stereocenters. The van der Waals surface area contributed by atoms with E-state index in [1.54, 1.807) is 38.1 Å². The average molecular weight is 462 g/mol. The molecule has 33 heavy (non-hydrogen) atoms. The van der Waals surface area contributed by atoms with E-state index < -0.39 is 5.97 Å². The summed E-state index contributed by atoms with van der Waals surface area (Å²) >= 11 is 0. The second kappa shape index (κ2) is 15.0. The topological polar surface area (TPSA) is 55.7 Å². The van der Waals surface area contributed by atoms with Crippen molar-refractivity contribution in [1.82, 2.24) is 0 Å². The highest BCUT2D eigenvalue weighted by atomic mass is 19.1. The molecule has 0 aliphatic heterocycles. The van der Waals surface area contributed by atoms with Crippen molar-refractivity contribution in [2.75, 3.05) is 6.61 Å². The van der Waals surface area contributed by atoms with Gasteiger partial charge in [0.05, 0.1) is 18.7 Å². The number of aryl methyl sites for hydroxylation is 1. The van der Waals surface area contributed by atoms with E-state index in [1.165, 1.54) is 12.1 Å². The molecule has 0 aliphatic rings. The van der Waals surface area contributed by atoms with Crippen molar-refractivity contribution < 1.29 is 23.1 Å². The van der Waals surface area contributed by atoms with Crippen molar-refractivity contribution in [3.8, 4) is 0 Å². The van der Waals surface area contributed by atoms with Gasteiger partial charge >= 0.3 is 5.97 Å². The summed E-state index contributed by atoms with van der Waals surface area (Å²) in [4.78, 5) is 25.4. The van der Waals surface area contributed by atoms with Gasteiger partial charge < -0.3 is 9.53 Å². The van der Waals surface area contributed by atoms with Gasteiger partial charge in [0.25, 0.3) is 0 Å². The second-order valence-electron chi connectivity index (χ2n) is 8.95.